The van der Waals surface area contributed by atoms with E-state index >= 15 is 0 Å². The highest BCUT2D eigenvalue weighted by Crippen LogP contribution is 2.35. The number of aryl methyl sites for hydroxylation is 1. The molecule has 0 saturated heterocycles. The fourth-order valence-corrected chi connectivity index (χ4v) is 3.59. The van der Waals surface area contributed by atoms with E-state index in [0.717, 1.165) is 23.4 Å². The molecule has 0 aliphatic rings. The fourth-order valence-electron chi connectivity index (χ4n) is 2.64. The summed E-state index contributed by atoms with van der Waals surface area (Å²) in [5.74, 6) is -1.23. The van der Waals surface area contributed by atoms with Crippen molar-refractivity contribution in [3.8, 4) is 6.07 Å². The van der Waals surface area contributed by atoms with Crippen LogP contribution in [0.4, 0.5) is 13.2 Å². The number of aromatic nitrogens is 1. The molecule has 0 radical (unpaired) electrons. The van der Waals surface area contributed by atoms with Crippen molar-refractivity contribution in [2.75, 3.05) is 12.3 Å². The van der Waals surface area contributed by atoms with Crippen LogP contribution in [0.5, 0.6) is 0 Å². The molecule has 2 aromatic rings. The molecule has 1 aromatic carbocycles. The maximum Gasteiger partial charge on any atom is 0.417 e. The molecule has 10 heteroatoms. The van der Waals surface area contributed by atoms with Crippen molar-refractivity contribution >= 4 is 23.6 Å². The molecule has 0 unspecified atom stereocenters. The summed E-state index contributed by atoms with van der Waals surface area (Å²) < 4.78 is 39.7. The highest BCUT2D eigenvalue weighted by atomic mass is 32.2. The van der Waals surface area contributed by atoms with Gasteiger partial charge in [0, 0.05) is 25.2 Å². The normalized spacial score (nSPS) is 11.0. The van der Waals surface area contributed by atoms with Crippen molar-refractivity contribution in [2.24, 2.45) is 5.73 Å². The van der Waals surface area contributed by atoms with Crippen LogP contribution >= 0.6 is 11.8 Å². The lowest BCUT2D eigenvalue weighted by Gasteiger charge is -2.22. The van der Waals surface area contributed by atoms with Gasteiger partial charge in [-0.1, -0.05) is 42.1 Å². The zero-order valence-electron chi connectivity index (χ0n) is 16.1. The van der Waals surface area contributed by atoms with E-state index in [1.807, 2.05) is 18.2 Å². The second-order valence-electron chi connectivity index (χ2n) is 6.41. The maximum absolute atomic E-state index is 13.2. The van der Waals surface area contributed by atoms with E-state index < -0.39 is 29.1 Å². The maximum atomic E-state index is 13.2. The minimum absolute atomic E-state index is 0.0480. The summed E-state index contributed by atoms with van der Waals surface area (Å²) in [6.07, 6.45) is -4.76. The minimum atomic E-state index is -4.71. The van der Waals surface area contributed by atoms with E-state index in [1.54, 1.807) is 18.2 Å². The number of benzene rings is 1. The van der Waals surface area contributed by atoms with E-state index in [4.69, 9.17) is 5.73 Å². The number of thioether (sulfide) groups is 1. The number of nitrogens with zero attached hydrogens (tertiary/aromatic N) is 3. The van der Waals surface area contributed by atoms with Crippen molar-refractivity contribution in [2.45, 2.75) is 31.1 Å². The standard InChI is InChI=1S/C20H19F3N4O2S/c1-13-9-16(20(21,22)23)15(10-24)19(26-13)30-12-18(29)27(8-7-17(25)28)11-14-5-3-2-4-6-14/h2-6,9H,7-8,11-12H2,1H3,(H2,25,28). The molecule has 6 nitrogen and oxygen atoms in total. The molecular weight excluding hydrogens is 417 g/mol. The monoisotopic (exact) mass is 436 g/mol. The number of nitriles is 1. The molecule has 1 aromatic heterocycles. The minimum Gasteiger partial charge on any atom is -0.370 e. The van der Waals surface area contributed by atoms with E-state index in [2.05, 4.69) is 4.98 Å². The zero-order valence-corrected chi connectivity index (χ0v) is 16.9. The predicted octanol–water partition coefficient (Wildman–Crippen LogP) is 3.28. The van der Waals surface area contributed by atoms with Crippen LogP contribution in [0, 0.1) is 18.3 Å². The number of alkyl halides is 3. The molecule has 0 bridgehead atoms. The van der Waals surface area contributed by atoms with Crippen molar-refractivity contribution in [3.63, 3.8) is 0 Å². The van der Waals surface area contributed by atoms with Crippen LogP contribution in [0.1, 0.15) is 28.8 Å². The molecule has 0 aliphatic carbocycles. The number of amides is 2. The number of hydrogen-bond acceptors (Lipinski definition) is 5. The first-order chi connectivity index (χ1) is 14.1. The highest BCUT2D eigenvalue weighted by molar-refractivity contribution is 8.00. The van der Waals surface area contributed by atoms with Crippen LogP contribution < -0.4 is 5.73 Å². The summed E-state index contributed by atoms with van der Waals surface area (Å²) in [6, 6.07) is 11.4. The van der Waals surface area contributed by atoms with Gasteiger partial charge in [-0.15, -0.1) is 0 Å². The number of carbonyl (C=O) groups is 2. The van der Waals surface area contributed by atoms with E-state index in [0.29, 0.717) is 0 Å². The molecule has 30 heavy (non-hydrogen) atoms. The molecule has 0 saturated carbocycles. The smallest absolute Gasteiger partial charge is 0.370 e. The van der Waals surface area contributed by atoms with Gasteiger partial charge in [0.15, 0.2) is 0 Å². The van der Waals surface area contributed by atoms with Gasteiger partial charge in [-0.25, -0.2) is 4.98 Å². The van der Waals surface area contributed by atoms with Crippen molar-refractivity contribution < 1.29 is 22.8 Å². The van der Waals surface area contributed by atoms with E-state index in [9.17, 15) is 28.0 Å². The van der Waals surface area contributed by atoms with Gasteiger partial charge in [0.1, 0.15) is 11.1 Å². The molecule has 2 amide bonds. The second kappa shape index (κ2) is 10.1. The molecule has 0 fully saturated rings. The first kappa shape index (κ1) is 23.2. The second-order valence-corrected chi connectivity index (χ2v) is 7.37. The third kappa shape index (κ3) is 6.49. The Hall–Kier alpha value is -3.06. The summed E-state index contributed by atoms with van der Waals surface area (Å²) >= 11 is 0.756. The number of primary amides is 1. The highest BCUT2D eigenvalue weighted by Gasteiger charge is 2.35. The van der Waals surface area contributed by atoms with Crippen molar-refractivity contribution in [1.82, 2.24) is 9.88 Å². The Morgan fingerprint density at radius 3 is 2.50 bits per heavy atom. The molecule has 1 heterocycles. The van der Waals surface area contributed by atoms with Crippen LogP contribution in [0.25, 0.3) is 0 Å². The third-order valence-corrected chi connectivity index (χ3v) is 5.02. The van der Waals surface area contributed by atoms with Gasteiger partial charge in [-0.05, 0) is 18.6 Å². The average molecular weight is 436 g/mol. The van der Waals surface area contributed by atoms with Gasteiger partial charge in [-0.2, -0.15) is 18.4 Å². The molecule has 0 atom stereocenters. The molecule has 0 spiro atoms. The number of halogens is 3. The first-order valence-electron chi connectivity index (χ1n) is 8.83. The van der Waals surface area contributed by atoms with Crippen LogP contribution in [0.15, 0.2) is 41.4 Å². The number of carbonyl (C=O) groups excluding carboxylic acids is 2. The average Bonchev–Trinajstić information content (AvgIpc) is 2.68. The summed E-state index contributed by atoms with van der Waals surface area (Å²) in [7, 11) is 0. The first-order valence-corrected chi connectivity index (χ1v) is 9.82. The van der Waals surface area contributed by atoms with Crippen molar-refractivity contribution in [3.05, 3.63) is 58.8 Å². The van der Waals surface area contributed by atoms with Crippen LogP contribution in [0.3, 0.4) is 0 Å². The Labute approximate surface area is 175 Å². The SMILES string of the molecule is Cc1cc(C(F)(F)F)c(C#N)c(SCC(=O)N(CCC(N)=O)Cc2ccccc2)n1. The number of nitrogens with two attached hydrogens (primary N) is 1. The summed E-state index contributed by atoms with van der Waals surface area (Å²) in [4.78, 5) is 29.3. The van der Waals surface area contributed by atoms with Crippen molar-refractivity contribution in [1.29, 1.82) is 5.26 Å². The Balaban J connectivity index is 2.21. The zero-order chi connectivity index (χ0) is 22.3. The lowest BCUT2D eigenvalue weighted by molar-refractivity contribution is -0.138. The van der Waals surface area contributed by atoms with Gasteiger partial charge in [-0.3, -0.25) is 9.59 Å². The van der Waals surface area contributed by atoms with Gasteiger partial charge >= 0.3 is 6.18 Å². The Morgan fingerprint density at radius 1 is 1.27 bits per heavy atom. The molecular formula is C20H19F3N4O2S. The van der Waals surface area contributed by atoms with Gasteiger partial charge in [0.2, 0.25) is 11.8 Å². The van der Waals surface area contributed by atoms with Crippen LogP contribution in [-0.4, -0.2) is 34.0 Å². The molecule has 2 rings (SSSR count). The Bertz CT molecular complexity index is 959. The van der Waals surface area contributed by atoms with E-state index in [1.165, 1.54) is 11.8 Å². The topological polar surface area (TPSA) is 100 Å². The lowest BCUT2D eigenvalue weighted by atomic mass is 10.1. The Kier molecular flexibility index (Phi) is 7.83. The number of hydrogen-bond donors (Lipinski definition) is 1. The van der Waals surface area contributed by atoms with E-state index in [-0.39, 0.29) is 36.0 Å². The fraction of sp³-hybridized carbons (Fsp3) is 0.300. The Morgan fingerprint density at radius 2 is 1.93 bits per heavy atom. The number of pyridine rings is 1. The largest absolute Gasteiger partial charge is 0.417 e. The quantitative estimate of drug-likeness (QED) is 0.640. The predicted molar refractivity (Wildman–Crippen MR) is 105 cm³/mol. The summed E-state index contributed by atoms with van der Waals surface area (Å²) in [5.41, 5.74) is 4.40. The summed E-state index contributed by atoms with van der Waals surface area (Å²) in [5, 5.41) is 9.06. The molecule has 158 valence electrons. The number of rotatable bonds is 8. The summed E-state index contributed by atoms with van der Waals surface area (Å²) in [6.45, 7) is 1.67. The lowest BCUT2D eigenvalue weighted by Crippen LogP contribution is -2.34. The van der Waals surface area contributed by atoms with Gasteiger partial charge in [0.05, 0.1) is 16.9 Å². The molecule has 2 N–H and O–H groups in total. The molecule has 0 aliphatic heterocycles. The van der Waals surface area contributed by atoms with Crippen LogP contribution in [-0.2, 0) is 22.3 Å². The van der Waals surface area contributed by atoms with Gasteiger partial charge in [0.25, 0.3) is 0 Å². The third-order valence-electron chi connectivity index (χ3n) is 4.06. The van der Waals surface area contributed by atoms with Crippen LogP contribution in [0.2, 0.25) is 0 Å². The van der Waals surface area contributed by atoms with Gasteiger partial charge < -0.3 is 10.6 Å².